The average Bonchev–Trinajstić information content (AvgIpc) is 2.20. The van der Waals surface area contributed by atoms with Gasteiger partial charge in [-0.3, -0.25) is 4.90 Å². The molecule has 1 saturated heterocycles. The Hall–Kier alpha value is -0.120. The predicted octanol–water partition coefficient (Wildman–Crippen LogP) is 1.08. The number of morpholine rings is 1. The lowest BCUT2D eigenvalue weighted by molar-refractivity contribution is -0.00725. The Labute approximate surface area is 87.6 Å². The number of ether oxygens (including phenoxy) is 1. The van der Waals surface area contributed by atoms with Gasteiger partial charge >= 0.3 is 0 Å². The maximum atomic E-state index is 5.76. The monoisotopic (exact) mass is 200 g/mol. The standard InChI is InChI=1S/C11H24N2O/c1-3-4-11(7-12)8-13-5-6-14-9-10(13)2/h10-11H,3-9,12H2,1-2H3. The lowest BCUT2D eigenvalue weighted by atomic mass is 10.0. The first kappa shape index (κ1) is 12.0. The van der Waals surface area contributed by atoms with E-state index >= 15 is 0 Å². The van der Waals surface area contributed by atoms with Gasteiger partial charge in [-0.1, -0.05) is 13.3 Å². The molecule has 0 bridgehead atoms. The Morgan fingerprint density at radius 1 is 1.57 bits per heavy atom. The highest BCUT2D eigenvalue weighted by atomic mass is 16.5. The molecule has 2 atom stereocenters. The van der Waals surface area contributed by atoms with Crippen molar-refractivity contribution in [2.45, 2.75) is 32.7 Å². The Kier molecular flexibility index (Phi) is 5.45. The van der Waals surface area contributed by atoms with Crippen LogP contribution in [0.15, 0.2) is 0 Å². The van der Waals surface area contributed by atoms with Gasteiger partial charge < -0.3 is 10.5 Å². The molecule has 0 amide bonds. The molecule has 1 fully saturated rings. The second kappa shape index (κ2) is 6.38. The van der Waals surface area contributed by atoms with Crippen molar-refractivity contribution in [3.05, 3.63) is 0 Å². The van der Waals surface area contributed by atoms with E-state index in [1.165, 1.54) is 12.8 Å². The van der Waals surface area contributed by atoms with Gasteiger partial charge in [-0.05, 0) is 25.8 Å². The minimum atomic E-state index is 0.564. The zero-order valence-corrected chi connectivity index (χ0v) is 9.54. The van der Waals surface area contributed by atoms with E-state index < -0.39 is 0 Å². The van der Waals surface area contributed by atoms with Crippen molar-refractivity contribution in [2.24, 2.45) is 11.7 Å². The molecule has 2 N–H and O–H groups in total. The molecular formula is C11H24N2O. The number of nitrogens with zero attached hydrogens (tertiary/aromatic N) is 1. The molecule has 0 saturated carbocycles. The largest absolute Gasteiger partial charge is 0.379 e. The SMILES string of the molecule is CCCC(CN)CN1CCOCC1C. The van der Waals surface area contributed by atoms with E-state index in [2.05, 4.69) is 18.7 Å². The first-order valence-corrected chi connectivity index (χ1v) is 5.79. The number of nitrogens with two attached hydrogens (primary N) is 1. The van der Waals surface area contributed by atoms with Gasteiger partial charge in [0.25, 0.3) is 0 Å². The minimum Gasteiger partial charge on any atom is -0.379 e. The van der Waals surface area contributed by atoms with Crippen LogP contribution in [0.4, 0.5) is 0 Å². The van der Waals surface area contributed by atoms with Crippen LogP contribution >= 0.6 is 0 Å². The first-order chi connectivity index (χ1) is 6.77. The molecule has 14 heavy (non-hydrogen) atoms. The molecule has 1 rings (SSSR count). The van der Waals surface area contributed by atoms with Gasteiger partial charge in [0.2, 0.25) is 0 Å². The normalized spacial score (nSPS) is 26.4. The lowest BCUT2D eigenvalue weighted by Crippen LogP contribution is -2.46. The predicted molar refractivity (Wildman–Crippen MR) is 59.3 cm³/mol. The van der Waals surface area contributed by atoms with Crippen LogP contribution in [0.5, 0.6) is 0 Å². The zero-order valence-electron chi connectivity index (χ0n) is 9.54. The molecule has 3 nitrogen and oxygen atoms in total. The summed E-state index contributed by atoms with van der Waals surface area (Å²) >= 11 is 0. The van der Waals surface area contributed by atoms with Gasteiger partial charge in [0.05, 0.1) is 13.2 Å². The lowest BCUT2D eigenvalue weighted by Gasteiger charge is -2.35. The Morgan fingerprint density at radius 2 is 2.36 bits per heavy atom. The van der Waals surface area contributed by atoms with Crippen molar-refractivity contribution < 1.29 is 4.74 Å². The van der Waals surface area contributed by atoms with Gasteiger partial charge in [-0.25, -0.2) is 0 Å². The summed E-state index contributed by atoms with van der Waals surface area (Å²) in [5.74, 6) is 0.667. The van der Waals surface area contributed by atoms with Gasteiger partial charge in [-0.2, -0.15) is 0 Å². The summed E-state index contributed by atoms with van der Waals surface area (Å²) in [4.78, 5) is 2.51. The summed E-state index contributed by atoms with van der Waals surface area (Å²) in [6.07, 6.45) is 2.49. The summed E-state index contributed by atoms with van der Waals surface area (Å²) in [6, 6.07) is 0.564. The van der Waals surface area contributed by atoms with Crippen LogP contribution in [-0.4, -0.2) is 43.8 Å². The van der Waals surface area contributed by atoms with Crippen LogP contribution in [0.1, 0.15) is 26.7 Å². The number of rotatable bonds is 5. The molecule has 0 spiro atoms. The van der Waals surface area contributed by atoms with Crippen LogP contribution in [0.25, 0.3) is 0 Å². The molecule has 1 heterocycles. The number of hydrogen-bond acceptors (Lipinski definition) is 3. The van der Waals surface area contributed by atoms with Crippen LogP contribution in [-0.2, 0) is 4.74 Å². The third-order valence-electron chi connectivity index (χ3n) is 3.03. The van der Waals surface area contributed by atoms with Gasteiger partial charge in [0.1, 0.15) is 0 Å². The molecule has 2 unspecified atom stereocenters. The molecule has 0 aromatic carbocycles. The molecular weight excluding hydrogens is 176 g/mol. The summed E-state index contributed by atoms with van der Waals surface area (Å²) in [6.45, 7) is 9.26. The van der Waals surface area contributed by atoms with Gasteiger partial charge in [0.15, 0.2) is 0 Å². The third kappa shape index (κ3) is 3.56. The van der Waals surface area contributed by atoms with Crippen molar-refractivity contribution in [2.75, 3.05) is 32.8 Å². The highest BCUT2D eigenvalue weighted by Crippen LogP contribution is 2.12. The molecule has 1 aliphatic heterocycles. The van der Waals surface area contributed by atoms with Crippen molar-refractivity contribution in [1.82, 2.24) is 4.90 Å². The van der Waals surface area contributed by atoms with E-state index in [1.54, 1.807) is 0 Å². The van der Waals surface area contributed by atoms with Crippen molar-refractivity contribution in [3.63, 3.8) is 0 Å². The maximum Gasteiger partial charge on any atom is 0.0619 e. The average molecular weight is 200 g/mol. The molecule has 3 heteroatoms. The van der Waals surface area contributed by atoms with Crippen LogP contribution in [0, 0.1) is 5.92 Å². The molecule has 0 radical (unpaired) electrons. The van der Waals surface area contributed by atoms with Crippen LogP contribution < -0.4 is 5.73 Å². The Bertz CT molecular complexity index is 152. The zero-order chi connectivity index (χ0) is 10.4. The van der Waals surface area contributed by atoms with Gasteiger partial charge in [-0.15, -0.1) is 0 Å². The van der Waals surface area contributed by atoms with Crippen LogP contribution in [0.2, 0.25) is 0 Å². The molecule has 1 aliphatic rings. The summed E-state index contributed by atoms with van der Waals surface area (Å²) < 4.78 is 5.41. The fourth-order valence-electron chi connectivity index (χ4n) is 2.06. The Balaban J connectivity index is 2.31. The summed E-state index contributed by atoms with van der Waals surface area (Å²) in [5, 5.41) is 0. The maximum absolute atomic E-state index is 5.76. The second-order valence-corrected chi connectivity index (χ2v) is 4.31. The van der Waals surface area contributed by atoms with Crippen LogP contribution in [0.3, 0.4) is 0 Å². The quantitative estimate of drug-likeness (QED) is 0.722. The molecule has 84 valence electrons. The highest BCUT2D eigenvalue weighted by molar-refractivity contribution is 4.74. The van der Waals surface area contributed by atoms with E-state index in [1.807, 2.05) is 0 Å². The topological polar surface area (TPSA) is 38.5 Å². The van der Waals surface area contributed by atoms with Crippen molar-refractivity contribution in [1.29, 1.82) is 0 Å². The number of hydrogen-bond donors (Lipinski definition) is 1. The smallest absolute Gasteiger partial charge is 0.0619 e. The fraction of sp³-hybridized carbons (Fsp3) is 1.00. The minimum absolute atomic E-state index is 0.564. The van der Waals surface area contributed by atoms with E-state index in [0.717, 1.165) is 32.8 Å². The van der Waals surface area contributed by atoms with Crippen molar-refractivity contribution in [3.8, 4) is 0 Å². The molecule has 0 aromatic rings. The van der Waals surface area contributed by atoms with Gasteiger partial charge in [0, 0.05) is 19.1 Å². The summed E-state index contributed by atoms with van der Waals surface area (Å²) in [5.41, 5.74) is 5.76. The Morgan fingerprint density at radius 3 is 2.93 bits per heavy atom. The first-order valence-electron chi connectivity index (χ1n) is 5.79. The van der Waals surface area contributed by atoms with E-state index in [4.69, 9.17) is 10.5 Å². The van der Waals surface area contributed by atoms with E-state index in [-0.39, 0.29) is 0 Å². The molecule has 0 aliphatic carbocycles. The van der Waals surface area contributed by atoms with E-state index in [0.29, 0.717) is 12.0 Å². The highest BCUT2D eigenvalue weighted by Gasteiger charge is 2.21. The fourth-order valence-corrected chi connectivity index (χ4v) is 2.06. The third-order valence-corrected chi connectivity index (χ3v) is 3.03. The molecule has 0 aromatic heterocycles. The second-order valence-electron chi connectivity index (χ2n) is 4.31. The summed E-state index contributed by atoms with van der Waals surface area (Å²) in [7, 11) is 0. The van der Waals surface area contributed by atoms with Crippen molar-refractivity contribution >= 4 is 0 Å². The van der Waals surface area contributed by atoms with E-state index in [9.17, 15) is 0 Å².